The highest BCUT2D eigenvalue weighted by Crippen LogP contribution is 2.31. The Morgan fingerprint density at radius 1 is 0.925 bits per heavy atom. The number of aryl methyl sites for hydroxylation is 1. The second-order valence-corrected chi connectivity index (χ2v) is 9.39. The Morgan fingerprint density at radius 3 is 2.02 bits per heavy atom. The van der Waals surface area contributed by atoms with Crippen molar-refractivity contribution in [3.8, 4) is 0 Å². The topological polar surface area (TPSA) is 24.9 Å². The predicted octanol–water partition coefficient (Wildman–Crippen LogP) is 9.61. The summed E-state index contributed by atoms with van der Waals surface area (Å²) in [6.07, 6.45) is -9.54. The first-order valence-corrected chi connectivity index (χ1v) is 12.9. The van der Waals surface area contributed by atoms with E-state index in [-0.39, 0.29) is 28.4 Å². The van der Waals surface area contributed by atoms with Crippen LogP contribution in [0, 0.1) is 18.7 Å². The Bertz CT molecular complexity index is 1120. The first kappa shape index (κ1) is 35.3. The van der Waals surface area contributed by atoms with E-state index in [1.165, 1.54) is 30.8 Å². The molecule has 0 saturated heterocycles. The zero-order valence-corrected chi connectivity index (χ0v) is 23.3. The van der Waals surface area contributed by atoms with Gasteiger partial charge in [0, 0.05) is 19.0 Å². The SMILES string of the molecule is CC.CC(CN[C@@H](c1cc(F)cc(CC(F)(F)C(F)F)c1)c1ccc(Cl)cn1)CC(F)(F)F.Cc1ccccc1. The molecular weight excluding hydrogens is 564 g/mol. The van der Waals surface area contributed by atoms with Crippen LogP contribution in [-0.4, -0.2) is 30.1 Å². The van der Waals surface area contributed by atoms with Crippen LogP contribution >= 0.6 is 11.6 Å². The third-order valence-electron chi connectivity index (χ3n) is 5.31. The Labute approximate surface area is 234 Å². The van der Waals surface area contributed by atoms with Crippen molar-refractivity contribution in [1.29, 1.82) is 0 Å². The molecule has 0 spiro atoms. The van der Waals surface area contributed by atoms with Gasteiger partial charge in [-0.1, -0.05) is 74.3 Å². The molecule has 3 aromatic rings. The van der Waals surface area contributed by atoms with E-state index in [9.17, 15) is 35.1 Å². The van der Waals surface area contributed by atoms with Crippen molar-refractivity contribution >= 4 is 11.6 Å². The molecule has 1 unspecified atom stereocenters. The van der Waals surface area contributed by atoms with E-state index in [0.717, 1.165) is 12.1 Å². The van der Waals surface area contributed by atoms with Crippen molar-refractivity contribution in [2.24, 2.45) is 5.92 Å². The van der Waals surface area contributed by atoms with Crippen LogP contribution in [0.5, 0.6) is 0 Å². The summed E-state index contributed by atoms with van der Waals surface area (Å²) in [7, 11) is 0. The second kappa shape index (κ2) is 16.5. The van der Waals surface area contributed by atoms with E-state index in [0.29, 0.717) is 6.07 Å². The van der Waals surface area contributed by atoms with Crippen molar-refractivity contribution in [3.05, 3.63) is 100 Å². The van der Waals surface area contributed by atoms with Gasteiger partial charge in [-0.15, -0.1) is 0 Å². The summed E-state index contributed by atoms with van der Waals surface area (Å²) >= 11 is 5.79. The maximum Gasteiger partial charge on any atom is 0.389 e. The van der Waals surface area contributed by atoms with Gasteiger partial charge >= 0.3 is 18.5 Å². The van der Waals surface area contributed by atoms with Crippen molar-refractivity contribution in [2.75, 3.05) is 6.54 Å². The third-order valence-corrected chi connectivity index (χ3v) is 5.53. The molecule has 0 aliphatic rings. The molecular formula is C29H33ClF8N2. The Balaban J connectivity index is 0.000000759. The van der Waals surface area contributed by atoms with E-state index >= 15 is 0 Å². The van der Waals surface area contributed by atoms with Crippen LogP contribution in [0.2, 0.25) is 5.02 Å². The molecule has 1 N–H and O–H groups in total. The number of alkyl halides is 7. The van der Waals surface area contributed by atoms with E-state index in [1.54, 1.807) is 0 Å². The fourth-order valence-electron chi connectivity index (χ4n) is 3.57. The quantitative estimate of drug-likeness (QED) is 0.249. The average Bonchev–Trinajstić information content (AvgIpc) is 2.85. The lowest BCUT2D eigenvalue weighted by molar-refractivity contribution is -0.142. The average molecular weight is 597 g/mol. The largest absolute Gasteiger partial charge is 0.389 e. The number of hydrogen-bond donors (Lipinski definition) is 1. The molecule has 40 heavy (non-hydrogen) atoms. The number of nitrogens with zero attached hydrogens (tertiary/aromatic N) is 1. The summed E-state index contributed by atoms with van der Waals surface area (Å²) in [5.74, 6) is -6.18. The van der Waals surface area contributed by atoms with Gasteiger partial charge < -0.3 is 5.32 Å². The van der Waals surface area contributed by atoms with Crippen LogP contribution in [-0.2, 0) is 6.42 Å². The molecule has 11 heteroatoms. The molecule has 222 valence electrons. The number of pyridine rings is 1. The first-order valence-electron chi connectivity index (χ1n) is 12.5. The van der Waals surface area contributed by atoms with Gasteiger partial charge in [0.15, 0.2) is 0 Å². The van der Waals surface area contributed by atoms with E-state index in [2.05, 4.69) is 29.4 Å². The Hall–Kier alpha value is -2.72. The van der Waals surface area contributed by atoms with Crippen LogP contribution in [0.15, 0.2) is 66.9 Å². The fraction of sp³-hybridized carbons (Fsp3) is 0.414. The Kier molecular flexibility index (Phi) is 14.6. The lowest BCUT2D eigenvalue weighted by atomic mass is 9.97. The third kappa shape index (κ3) is 13.1. The highest BCUT2D eigenvalue weighted by molar-refractivity contribution is 6.30. The van der Waals surface area contributed by atoms with Gasteiger partial charge in [0.25, 0.3) is 0 Å². The van der Waals surface area contributed by atoms with Crippen LogP contribution in [0.3, 0.4) is 0 Å². The van der Waals surface area contributed by atoms with Gasteiger partial charge in [-0.25, -0.2) is 13.2 Å². The molecule has 0 fully saturated rings. The highest BCUT2D eigenvalue weighted by Gasteiger charge is 2.41. The van der Waals surface area contributed by atoms with Gasteiger partial charge in [-0.05, 0) is 54.8 Å². The van der Waals surface area contributed by atoms with Crippen LogP contribution < -0.4 is 5.32 Å². The summed E-state index contributed by atoms with van der Waals surface area (Å²) in [4.78, 5) is 4.06. The summed E-state index contributed by atoms with van der Waals surface area (Å²) in [5, 5.41) is 3.09. The molecule has 0 radical (unpaired) electrons. The molecule has 2 aromatic carbocycles. The second-order valence-electron chi connectivity index (χ2n) is 8.95. The maximum absolute atomic E-state index is 14.1. The normalized spacial score (nSPS) is 13.1. The van der Waals surface area contributed by atoms with Crippen molar-refractivity contribution in [3.63, 3.8) is 0 Å². The fourth-order valence-corrected chi connectivity index (χ4v) is 3.68. The zero-order valence-electron chi connectivity index (χ0n) is 22.6. The minimum absolute atomic E-state index is 0.0501. The van der Waals surface area contributed by atoms with Gasteiger partial charge in [-0.3, -0.25) is 4.98 Å². The van der Waals surface area contributed by atoms with Crippen LogP contribution in [0.25, 0.3) is 0 Å². The lowest BCUT2D eigenvalue weighted by Crippen LogP contribution is -2.31. The Morgan fingerprint density at radius 2 is 1.55 bits per heavy atom. The van der Waals surface area contributed by atoms with Gasteiger partial charge in [0.05, 0.1) is 16.8 Å². The summed E-state index contributed by atoms with van der Waals surface area (Å²) in [6, 6.07) is 14.9. The molecule has 0 saturated carbocycles. The van der Waals surface area contributed by atoms with E-state index in [4.69, 9.17) is 11.6 Å². The number of benzene rings is 2. The number of nitrogens with one attached hydrogen (secondary N) is 1. The van der Waals surface area contributed by atoms with Crippen molar-refractivity contribution < 1.29 is 35.1 Å². The molecule has 0 amide bonds. The molecule has 1 heterocycles. The number of halogens is 9. The first-order chi connectivity index (χ1) is 18.7. The van der Waals surface area contributed by atoms with Crippen LogP contribution in [0.4, 0.5) is 35.1 Å². The number of rotatable bonds is 9. The summed E-state index contributed by atoms with van der Waals surface area (Å²) < 4.78 is 104. The van der Waals surface area contributed by atoms with Gasteiger partial charge in [-0.2, -0.15) is 22.0 Å². The number of hydrogen-bond acceptors (Lipinski definition) is 2. The minimum atomic E-state index is -4.39. The van der Waals surface area contributed by atoms with E-state index in [1.807, 2.05) is 32.0 Å². The molecule has 0 bridgehead atoms. The molecule has 1 aromatic heterocycles. The van der Waals surface area contributed by atoms with Crippen molar-refractivity contribution in [2.45, 2.75) is 65.1 Å². The highest BCUT2D eigenvalue weighted by atomic mass is 35.5. The van der Waals surface area contributed by atoms with Gasteiger partial charge in [0.1, 0.15) is 5.82 Å². The maximum atomic E-state index is 14.1. The molecule has 0 aliphatic heterocycles. The van der Waals surface area contributed by atoms with Crippen molar-refractivity contribution in [1.82, 2.24) is 10.3 Å². The van der Waals surface area contributed by atoms with Gasteiger partial charge in [0.2, 0.25) is 0 Å². The predicted molar refractivity (Wildman–Crippen MR) is 143 cm³/mol. The number of aromatic nitrogens is 1. The summed E-state index contributed by atoms with van der Waals surface area (Å²) in [5.41, 5.74) is 1.22. The minimum Gasteiger partial charge on any atom is -0.305 e. The standard InChI is InChI=1S/C20H19ClF8N2.C7H8.C2H6/c1-11(7-20(27,28)29)9-31-17(16-3-2-14(21)10-30-16)13-4-12(5-15(22)6-13)8-19(25,26)18(23)24;1-7-5-3-2-4-6-7;1-2/h2-6,10-11,17-18,31H,7-9H2,1H3;2-6H,1H3;1-2H3/t11?,17-;;/m0../s1. The molecule has 2 nitrogen and oxygen atoms in total. The molecule has 0 aliphatic carbocycles. The summed E-state index contributed by atoms with van der Waals surface area (Å²) in [6.45, 7) is 7.28. The smallest absolute Gasteiger partial charge is 0.305 e. The monoisotopic (exact) mass is 596 g/mol. The van der Waals surface area contributed by atoms with E-state index < -0.39 is 49.1 Å². The lowest BCUT2D eigenvalue weighted by Gasteiger charge is -2.23. The van der Waals surface area contributed by atoms with Crippen LogP contribution in [0.1, 0.15) is 55.6 Å². The zero-order chi connectivity index (χ0) is 30.5. The molecule has 2 atom stereocenters. The molecule has 3 rings (SSSR count).